The van der Waals surface area contributed by atoms with Gasteiger partial charge in [0.1, 0.15) is 5.75 Å². The molecule has 1 heterocycles. The second-order valence-electron chi connectivity index (χ2n) is 4.29. The van der Waals surface area contributed by atoms with Gasteiger partial charge in [-0.15, -0.1) is 0 Å². The molecule has 19 heavy (non-hydrogen) atoms. The first-order valence-corrected chi connectivity index (χ1v) is 6.74. The summed E-state index contributed by atoms with van der Waals surface area (Å²) in [5.74, 6) is 1.49. The summed E-state index contributed by atoms with van der Waals surface area (Å²) in [5, 5.41) is 8.04. The average molecular weight is 280 g/mol. The van der Waals surface area contributed by atoms with Crippen LogP contribution in [0.2, 0.25) is 5.02 Å². The molecule has 0 saturated heterocycles. The Morgan fingerprint density at radius 3 is 3.00 bits per heavy atom. The van der Waals surface area contributed by atoms with Gasteiger partial charge in [0.2, 0.25) is 0 Å². The summed E-state index contributed by atoms with van der Waals surface area (Å²) in [6, 6.07) is 5.66. The maximum absolute atomic E-state index is 6.19. The average Bonchev–Trinajstić information content (AvgIpc) is 2.82. The highest BCUT2D eigenvalue weighted by atomic mass is 35.5. The van der Waals surface area contributed by atoms with Crippen molar-refractivity contribution in [3.63, 3.8) is 0 Å². The number of ether oxygens (including phenoxy) is 1. The molecule has 4 nitrogen and oxygen atoms in total. The van der Waals surface area contributed by atoms with Crippen molar-refractivity contribution in [2.75, 3.05) is 7.05 Å². The van der Waals surface area contributed by atoms with E-state index in [1.54, 1.807) is 6.20 Å². The van der Waals surface area contributed by atoms with Crippen LogP contribution in [0, 0.1) is 0 Å². The second-order valence-corrected chi connectivity index (χ2v) is 4.70. The molecule has 0 radical (unpaired) electrons. The van der Waals surface area contributed by atoms with Crippen molar-refractivity contribution in [2.24, 2.45) is 0 Å². The molecular formula is C14H18ClN3O. The van der Waals surface area contributed by atoms with Gasteiger partial charge >= 0.3 is 0 Å². The smallest absolute Gasteiger partial charge is 0.165 e. The number of aromatic nitrogens is 2. The Labute approximate surface area is 118 Å². The van der Waals surface area contributed by atoms with Crippen molar-refractivity contribution in [1.82, 2.24) is 15.1 Å². The van der Waals surface area contributed by atoms with Gasteiger partial charge < -0.3 is 10.1 Å². The summed E-state index contributed by atoms with van der Waals surface area (Å²) in [7, 11) is 1.88. The number of nitrogens with zero attached hydrogens (tertiary/aromatic N) is 2. The minimum atomic E-state index is 0.665. The SMILES string of the molecule is CCCn1cc(Oc2cccc(Cl)c2CNC)cn1. The number of halogens is 1. The molecule has 102 valence electrons. The van der Waals surface area contributed by atoms with E-state index in [2.05, 4.69) is 17.3 Å². The first-order chi connectivity index (χ1) is 9.24. The molecule has 2 aromatic rings. The first-order valence-electron chi connectivity index (χ1n) is 6.37. The van der Waals surface area contributed by atoms with Crippen LogP contribution in [0.25, 0.3) is 0 Å². The summed E-state index contributed by atoms with van der Waals surface area (Å²) in [6.07, 6.45) is 4.66. The van der Waals surface area contributed by atoms with Crippen LogP contribution in [0.3, 0.4) is 0 Å². The van der Waals surface area contributed by atoms with Gasteiger partial charge in [-0.05, 0) is 25.6 Å². The Morgan fingerprint density at radius 1 is 1.42 bits per heavy atom. The third-order valence-corrected chi connectivity index (χ3v) is 3.07. The lowest BCUT2D eigenvalue weighted by Crippen LogP contribution is -2.07. The molecule has 0 aliphatic rings. The normalized spacial score (nSPS) is 10.7. The van der Waals surface area contributed by atoms with E-state index >= 15 is 0 Å². The van der Waals surface area contributed by atoms with Crippen LogP contribution in [-0.2, 0) is 13.1 Å². The predicted octanol–water partition coefficient (Wildman–Crippen LogP) is 3.46. The van der Waals surface area contributed by atoms with E-state index in [-0.39, 0.29) is 0 Å². The van der Waals surface area contributed by atoms with E-state index in [4.69, 9.17) is 16.3 Å². The van der Waals surface area contributed by atoms with Crippen LogP contribution in [0.4, 0.5) is 0 Å². The van der Waals surface area contributed by atoms with E-state index in [0.29, 0.717) is 11.6 Å². The lowest BCUT2D eigenvalue weighted by molar-refractivity contribution is 0.472. The van der Waals surface area contributed by atoms with E-state index in [9.17, 15) is 0 Å². The Morgan fingerprint density at radius 2 is 2.26 bits per heavy atom. The van der Waals surface area contributed by atoms with Crippen molar-refractivity contribution in [3.8, 4) is 11.5 Å². The van der Waals surface area contributed by atoms with Crippen LogP contribution < -0.4 is 10.1 Å². The van der Waals surface area contributed by atoms with Crippen LogP contribution in [0.5, 0.6) is 11.5 Å². The molecular weight excluding hydrogens is 262 g/mol. The molecule has 2 rings (SSSR count). The van der Waals surface area contributed by atoms with Gasteiger partial charge in [-0.3, -0.25) is 4.68 Å². The summed E-state index contributed by atoms with van der Waals surface area (Å²) < 4.78 is 7.73. The largest absolute Gasteiger partial charge is 0.454 e. The maximum Gasteiger partial charge on any atom is 0.165 e. The molecule has 0 fully saturated rings. The molecule has 0 saturated carbocycles. The standard InChI is InChI=1S/C14H18ClN3O/c1-3-7-18-10-11(8-17-18)19-14-6-4-5-13(15)12(14)9-16-2/h4-6,8,10,16H,3,7,9H2,1-2H3. The zero-order chi connectivity index (χ0) is 13.7. The van der Waals surface area contributed by atoms with Gasteiger partial charge in [-0.2, -0.15) is 5.10 Å². The lowest BCUT2D eigenvalue weighted by Gasteiger charge is -2.11. The number of nitrogens with one attached hydrogen (secondary N) is 1. The van der Waals surface area contributed by atoms with Crippen molar-refractivity contribution < 1.29 is 4.74 Å². The zero-order valence-corrected chi connectivity index (χ0v) is 11.9. The van der Waals surface area contributed by atoms with E-state index in [0.717, 1.165) is 30.0 Å². The highest BCUT2D eigenvalue weighted by molar-refractivity contribution is 6.31. The molecule has 0 amide bonds. The minimum absolute atomic E-state index is 0.665. The fourth-order valence-corrected chi connectivity index (χ4v) is 2.09. The number of aryl methyl sites for hydroxylation is 1. The van der Waals surface area contributed by atoms with Gasteiger partial charge in [0.25, 0.3) is 0 Å². The molecule has 0 spiro atoms. The quantitative estimate of drug-likeness (QED) is 0.880. The van der Waals surface area contributed by atoms with Crippen LogP contribution in [-0.4, -0.2) is 16.8 Å². The number of rotatable bonds is 6. The Hall–Kier alpha value is -1.52. The van der Waals surface area contributed by atoms with E-state index in [1.807, 2.05) is 36.1 Å². The van der Waals surface area contributed by atoms with Crippen LogP contribution in [0.1, 0.15) is 18.9 Å². The summed E-state index contributed by atoms with van der Waals surface area (Å²) in [6.45, 7) is 3.67. The van der Waals surface area contributed by atoms with Gasteiger partial charge in [0.05, 0.1) is 12.4 Å². The van der Waals surface area contributed by atoms with Crippen LogP contribution in [0.15, 0.2) is 30.6 Å². The van der Waals surface area contributed by atoms with E-state index in [1.165, 1.54) is 0 Å². The molecule has 1 N–H and O–H groups in total. The zero-order valence-electron chi connectivity index (χ0n) is 11.2. The summed E-state index contributed by atoms with van der Waals surface area (Å²) >= 11 is 6.19. The lowest BCUT2D eigenvalue weighted by atomic mass is 10.2. The number of hydrogen-bond acceptors (Lipinski definition) is 3. The Kier molecular flexibility index (Phi) is 4.82. The first kappa shape index (κ1) is 13.9. The molecule has 0 aliphatic heterocycles. The molecule has 1 aromatic heterocycles. The van der Waals surface area contributed by atoms with E-state index < -0.39 is 0 Å². The van der Waals surface area contributed by atoms with Crippen molar-refractivity contribution >= 4 is 11.6 Å². The fourth-order valence-electron chi connectivity index (χ4n) is 1.86. The molecule has 5 heteroatoms. The van der Waals surface area contributed by atoms with Gasteiger partial charge in [-0.1, -0.05) is 24.6 Å². The van der Waals surface area contributed by atoms with Crippen molar-refractivity contribution in [1.29, 1.82) is 0 Å². The maximum atomic E-state index is 6.19. The van der Waals surface area contributed by atoms with Gasteiger partial charge in [0.15, 0.2) is 5.75 Å². The molecule has 0 atom stereocenters. The number of benzene rings is 1. The minimum Gasteiger partial charge on any atom is -0.454 e. The highest BCUT2D eigenvalue weighted by Crippen LogP contribution is 2.30. The molecule has 0 unspecified atom stereocenters. The Bertz CT molecular complexity index is 539. The molecule has 0 bridgehead atoms. The topological polar surface area (TPSA) is 39.1 Å². The highest BCUT2D eigenvalue weighted by Gasteiger charge is 2.09. The monoisotopic (exact) mass is 279 g/mol. The second kappa shape index (κ2) is 6.59. The molecule has 0 aliphatic carbocycles. The third-order valence-electron chi connectivity index (χ3n) is 2.72. The van der Waals surface area contributed by atoms with Gasteiger partial charge in [-0.25, -0.2) is 0 Å². The summed E-state index contributed by atoms with van der Waals surface area (Å²) in [4.78, 5) is 0. The Balaban J connectivity index is 2.19. The van der Waals surface area contributed by atoms with Crippen molar-refractivity contribution in [3.05, 3.63) is 41.2 Å². The number of hydrogen-bond donors (Lipinski definition) is 1. The third kappa shape index (κ3) is 3.49. The van der Waals surface area contributed by atoms with Gasteiger partial charge in [0, 0.05) is 23.7 Å². The summed E-state index contributed by atoms with van der Waals surface area (Å²) in [5.41, 5.74) is 0.954. The van der Waals surface area contributed by atoms with Crippen LogP contribution >= 0.6 is 11.6 Å². The fraction of sp³-hybridized carbons (Fsp3) is 0.357. The predicted molar refractivity (Wildman–Crippen MR) is 76.8 cm³/mol. The van der Waals surface area contributed by atoms with Crippen molar-refractivity contribution in [2.45, 2.75) is 26.4 Å². The molecule has 1 aromatic carbocycles.